The van der Waals surface area contributed by atoms with Gasteiger partial charge in [-0.3, -0.25) is 0 Å². The van der Waals surface area contributed by atoms with E-state index >= 15 is 0 Å². The van der Waals surface area contributed by atoms with E-state index in [0.717, 1.165) is 4.31 Å². The van der Waals surface area contributed by atoms with Crippen LogP contribution >= 0.6 is 0 Å². The fourth-order valence-electron chi connectivity index (χ4n) is 1.66. The van der Waals surface area contributed by atoms with Gasteiger partial charge in [0.1, 0.15) is 5.60 Å². The molecule has 0 bridgehead atoms. The number of benzene rings is 1. The summed E-state index contributed by atoms with van der Waals surface area (Å²) in [6, 6.07) is 6.16. The van der Waals surface area contributed by atoms with Crippen LogP contribution in [0.1, 0.15) is 39.7 Å². The molecule has 117 valence electrons. The minimum Gasteiger partial charge on any atom is -0.443 e. The van der Waals surface area contributed by atoms with E-state index in [2.05, 4.69) is 6.92 Å². The topological polar surface area (TPSA) is 63.7 Å². The van der Waals surface area contributed by atoms with E-state index in [0.29, 0.717) is 12.0 Å². The third kappa shape index (κ3) is 4.74. The maximum Gasteiger partial charge on any atom is 0.424 e. The number of sulfonamides is 1. The Balaban J connectivity index is 3.18. The molecule has 0 atom stereocenters. The summed E-state index contributed by atoms with van der Waals surface area (Å²) < 4.78 is 31.2. The number of carbonyl (C=O) groups is 1. The van der Waals surface area contributed by atoms with Crippen molar-refractivity contribution in [3.05, 3.63) is 36.8 Å². The highest BCUT2D eigenvalue weighted by atomic mass is 32.2. The van der Waals surface area contributed by atoms with Crippen molar-refractivity contribution in [2.75, 3.05) is 6.54 Å². The molecular formula is C15H22NO4S. The summed E-state index contributed by atoms with van der Waals surface area (Å²) in [4.78, 5) is 12.2. The average Bonchev–Trinajstić information content (AvgIpc) is 2.33. The van der Waals surface area contributed by atoms with E-state index in [-0.39, 0.29) is 11.4 Å². The quantitative estimate of drug-likeness (QED) is 0.856. The van der Waals surface area contributed by atoms with Crippen molar-refractivity contribution in [2.45, 2.75) is 44.6 Å². The van der Waals surface area contributed by atoms with E-state index in [1.54, 1.807) is 39.8 Å². The van der Waals surface area contributed by atoms with Crippen molar-refractivity contribution in [1.82, 2.24) is 4.31 Å². The summed E-state index contributed by atoms with van der Waals surface area (Å²) in [7, 11) is -3.94. The first kappa shape index (κ1) is 17.5. The minimum atomic E-state index is -3.94. The van der Waals surface area contributed by atoms with Gasteiger partial charge in [0.15, 0.2) is 0 Å². The maximum absolute atomic E-state index is 12.6. The van der Waals surface area contributed by atoms with Gasteiger partial charge in [0.05, 0.1) is 4.90 Å². The first-order valence-corrected chi connectivity index (χ1v) is 8.19. The number of amides is 1. The van der Waals surface area contributed by atoms with Gasteiger partial charge in [-0.1, -0.05) is 19.1 Å². The maximum atomic E-state index is 12.6. The lowest BCUT2D eigenvalue weighted by Crippen LogP contribution is -2.41. The number of carbonyl (C=O) groups excluding carboxylic acids is 1. The Labute approximate surface area is 127 Å². The zero-order chi connectivity index (χ0) is 16.3. The average molecular weight is 312 g/mol. The molecule has 0 aliphatic heterocycles. The Morgan fingerprint density at radius 1 is 1.33 bits per heavy atom. The monoisotopic (exact) mass is 312 g/mol. The highest BCUT2D eigenvalue weighted by Crippen LogP contribution is 2.20. The second-order valence-corrected chi connectivity index (χ2v) is 7.57. The SMILES string of the molecule is [CH2]c1cccc(S(=O)(=O)N(CCC)C(=O)OC(C)(C)C)c1. The molecule has 1 aromatic carbocycles. The molecule has 1 radical (unpaired) electrons. The summed E-state index contributed by atoms with van der Waals surface area (Å²) in [6.07, 6.45) is -0.360. The molecule has 0 spiro atoms. The van der Waals surface area contributed by atoms with Gasteiger partial charge in [-0.15, -0.1) is 0 Å². The molecule has 0 aromatic heterocycles. The first-order chi connectivity index (χ1) is 9.58. The van der Waals surface area contributed by atoms with Gasteiger partial charge in [0, 0.05) is 6.54 Å². The molecular weight excluding hydrogens is 290 g/mol. The number of hydrogen-bond acceptors (Lipinski definition) is 4. The van der Waals surface area contributed by atoms with Gasteiger partial charge in [-0.25, -0.2) is 17.5 Å². The lowest BCUT2D eigenvalue weighted by atomic mass is 10.2. The van der Waals surface area contributed by atoms with Gasteiger partial charge >= 0.3 is 6.09 Å². The lowest BCUT2D eigenvalue weighted by Gasteiger charge is -2.26. The van der Waals surface area contributed by atoms with Gasteiger partial charge < -0.3 is 4.74 Å². The van der Waals surface area contributed by atoms with E-state index in [9.17, 15) is 13.2 Å². The molecule has 0 saturated heterocycles. The summed E-state index contributed by atoms with van der Waals surface area (Å²) in [5, 5.41) is 0. The molecule has 6 heteroatoms. The summed E-state index contributed by atoms with van der Waals surface area (Å²) in [5.41, 5.74) is -0.191. The summed E-state index contributed by atoms with van der Waals surface area (Å²) in [5.74, 6) is 0. The number of ether oxygens (including phenoxy) is 1. The van der Waals surface area contributed by atoms with Gasteiger partial charge in [0.25, 0.3) is 10.0 Å². The predicted molar refractivity (Wildman–Crippen MR) is 81.3 cm³/mol. The van der Waals surface area contributed by atoms with Crippen molar-refractivity contribution in [3.8, 4) is 0 Å². The largest absolute Gasteiger partial charge is 0.443 e. The van der Waals surface area contributed by atoms with Crippen LogP contribution in [0.5, 0.6) is 0 Å². The molecule has 1 rings (SSSR count). The van der Waals surface area contributed by atoms with Crippen LogP contribution in [-0.2, 0) is 14.8 Å². The van der Waals surface area contributed by atoms with Crippen LogP contribution in [0, 0.1) is 6.92 Å². The normalized spacial score (nSPS) is 12.0. The molecule has 0 heterocycles. The van der Waals surface area contributed by atoms with Crippen LogP contribution in [0.25, 0.3) is 0 Å². The first-order valence-electron chi connectivity index (χ1n) is 6.75. The smallest absolute Gasteiger partial charge is 0.424 e. The van der Waals surface area contributed by atoms with Crippen LogP contribution in [0.15, 0.2) is 29.2 Å². The number of nitrogens with zero attached hydrogens (tertiary/aromatic N) is 1. The van der Waals surface area contributed by atoms with Crippen molar-refractivity contribution >= 4 is 16.1 Å². The number of rotatable bonds is 4. The van der Waals surface area contributed by atoms with Crippen molar-refractivity contribution in [1.29, 1.82) is 0 Å². The summed E-state index contributed by atoms with van der Waals surface area (Å²) in [6.45, 7) is 10.6. The molecule has 1 aromatic rings. The fraction of sp³-hybridized carbons (Fsp3) is 0.467. The van der Waals surface area contributed by atoms with Crippen molar-refractivity contribution < 1.29 is 17.9 Å². The second-order valence-electron chi connectivity index (χ2n) is 5.70. The molecule has 5 nitrogen and oxygen atoms in total. The zero-order valence-electron chi connectivity index (χ0n) is 12.9. The van der Waals surface area contributed by atoms with E-state index < -0.39 is 21.7 Å². The molecule has 21 heavy (non-hydrogen) atoms. The van der Waals surface area contributed by atoms with Crippen LogP contribution in [0.4, 0.5) is 4.79 Å². The Bertz CT molecular complexity index is 602. The molecule has 0 aliphatic rings. The molecule has 0 unspecified atom stereocenters. The highest BCUT2D eigenvalue weighted by molar-refractivity contribution is 7.89. The molecule has 0 saturated carbocycles. The summed E-state index contributed by atoms with van der Waals surface area (Å²) >= 11 is 0. The lowest BCUT2D eigenvalue weighted by molar-refractivity contribution is 0.0391. The van der Waals surface area contributed by atoms with E-state index in [1.807, 2.05) is 0 Å². The third-order valence-corrected chi connectivity index (χ3v) is 4.27. The van der Waals surface area contributed by atoms with Crippen molar-refractivity contribution in [2.24, 2.45) is 0 Å². The Hall–Kier alpha value is -1.56. The van der Waals surface area contributed by atoms with E-state index in [4.69, 9.17) is 4.74 Å². The molecule has 0 N–H and O–H groups in total. The van der Waals surface area contributed by atoms with Gasteiger partial charge in [-0.2, -0.15) is 0 Å². The minimum absolute atomic E-state index is 0.0364. The van der Waals surface area contributed by atoms with Crippen LogP contribution in [0.3, 0.4) is 0 Å². The molecule has 0 aliphatic carbocycles. The van der Waals surface area contributed by atoms with Gasteiger partial charge in [0.2, 0.25) is 0 Å². The fourth-order valence-corrected chi connectivity index (χ4v) is 3.12. The molecule has 0 fully saturated rings. The standard InChI is InChI=1S/C15H22NO4S/c1-6-10-16(14(17)20-15(3,4)5)21(18,19)13-9-7-8-12(2)11-13/h7-9,11H,2,6,10H2,1,3-5H3. The predicted octanol–water partition coefficient (Wildman–Crippen LogP) is 3.20. The highest BCUT2D eigenvalue weighted by Gasteiger charge is 2.32. The van der Waals surface area contributed by atoms with Crippen LogP contribution < -0.4 is 0 Å². The second kappa shape index (κ2) is 6.47. The molecule has 1 amide bonds. The Morgan fingerprint density at radius 3 is 2.43 bits per heavy atom. The zero-order valence-corrected chi connectivity index (χ0v) is 13.7. The third-order valence-electron chi connectivity index (χ3n) is 2.51. The van der Waals surface area contributed by atoms with Crippen LogP contribution in [0.2, 0.25) is 0 Å². The van der Waals surface area contributed by atoms with Gasteiger partial charge in [-0.05, 0) is 51.8 Å². The number of hydrogen-bond donors (Lipinski definition) is 0. The van der Waals surface area contributed by atoms with E-state index in [1.165, 1.54) is 12.1 Å². The van der Waals surface area contributed by atoms with Crippen molar-refractivity contribution in [3.63, 3.8) is 0 Å². The Morgan fingerprint density at radius 2 is 1.95 bits per heavy atom. The Kier molecular flexibility index (Phi) is 5.39. The van der Waals surface area contributed by atoms with Crippen LogP contribution in [-0.4, -0.2) is 31.0 Å².